The Morgan fingerprint density at radius 1 is 1.22 bits per heavy atom. The summed E-state index contributed by atoms with van der Waals surface area (Å²) in [5, 5.41) is 2.92. The van der Waals surface area contributed by atoms with E-state index in [2.05, 4.69) is 33.0 Å². The molecule has 0 heterocycles. The van der Waals surface area contributed by atoms with Gasteiger partial charge >= 0.3 is 0 Å². The standard InChI is InChI=1S/C14H23N3O/c1-9(2)14(3,4)8-17-13(18)10-5-11(15)7-12(16)6-10/h5-7,9H,8,15-16H2,1-4H3,(H,17,18). The van der Waals surface area contributed by atoms with Gasteiger partial charge in [-0.25, -0.2) is 0 Å². The number of nitrogens with two attached hydrogens (primary N) is 2. The van der Waals surface area contributed by atoms with E-state index >= 15 is 0 Å². The molecule has 1 aromatic carbocycles. The molecule has 5 N–H and O–H groups in total. The van der Waals surface area contributed by atoms with Crippen LogP contribution in [0.4, 0.5) is 11.4 Å². The summed E-state index contributed by atoms with van der Waals surface area (Å²) in [5.41, 5.74) is 12.9. The highest BCUT2D eigenvalue weighted by Crippen LogP contribution is 2.24. The molecule has 0 aromatic heterocycles. The predicted octanol–water partition coefficient (Wildman–Crippen LogP) is 2.26. The summed E-state index contributed by atoms with van der Waals surface area (Å²) in [7, 11) is 0. The quantitative estimate of drug-likeness (QED) is 0.716. The number of carbonyl (C=O) groups excluding carboxylic acids is 1. The van der Waals surface area contributed by atoms with Crippen molar-refractivity contribution >= 4 is 17.3 Å². The molecule has 0 aliphatic heterocycles. The molecule has 0 aliphatic carbocycles. The molecule has 18 heavy (non-hydrogen) atoms. The second kappa shape index (κ2) is 5.29. The molecular formula is C14H23N3O. The van der Waals surface area contributed by atoms with Gasteiger partial charge in [-0.2, -0.15) is 0 Å². The van der Waals surface area contributed by atoms with Gasteiger partial charge in [0.25, 0.3) is 5.91 Å². The van der Waals surface area contributed by atoms with Crippen molar-refractivity contribution in [1.29, 1.82) is 0 Å². The maximum Gasteiger partial charge on any atom is 0.251 e. The lowest BCUT2D eigenvalue weighted by atomic mass is 9.81. The van der Waals surface area contributed by atoms with Gasteiger partial charge in [-0.05, 0) is 29.5 Å². The highest BCUT2D eigenvalue weighted by Gasteiger charge is 2.23. The first-order valence-corrected chi connectivity index (χ1v) is 6.16. The monoisotopic (exact) mass is 249 g/mol. The fraction of sp³-hybridized carbons (Fsp3) is 0.500. The normalized spacial score (nSPS) is 11.6. The third-order valence-corrected chi connectivity index (χ3v) is 3.51. The molecule has 0 fully saturated rings. The summed E-state index contributed by atoms with van der Waals surface area (Å²) >= 11 is 0. The molecule has 4 heteroatoms. The minimum Gasteiger partial charge on any atom is -0.399 e. The largest absolute Gasteiger partial charge is 0.399 e. The van der Waals surface area contributed by atoms with Crippen LogP contribution < -0.4 is 16.8 Å². The van der Waals surface area contributed by atoms with Crippen molar-refractivity contribution in [1.82, 2.24) is 5.32 Å². The molecule has 0 unspecified atom stereocenters. The number of amides is 1. The fourth-order valence-corrected chi connectivity index (χ4v) is 1.42. The first-order chi connectivity index (χ1) is 8.22. The van der Waals surface area contributed by atoms with Crippen LogP contribution in [0.25, 0.3) is 0 Å². The van der Waals surface area contributed by atoms with Crippen LogP contribution in [0.15, 0.2) is 18.2 Å². The fourth-order valence-electron chi connectivity index (χ4n) is 1.42. The summed E-state index contributed by atoms with van der Waals surface area (Å²) in [6.45, 7) is 9.17. The molecule has 100 valence electrons. The highest BCUT2D eigenvalue weighted by atomic mass is 16.1. The zero-order valence-electron chi connectivity index (χ0n) is 11.6. The van der Waals surface area contributed by atoms with Gasteiger partial charge in [0.1, 0.15) is 0 Å². The van der Waals surface area contributed by atoms with Gasteiger partial charge in [-0.3, -0.25) is 4.79 Å². The predicted molar refractivity (Wildman–Crippen MR) is 76.2 cm³/mol. The molecule has 1 amide bonds. The SMILES string of the molecule is CC(C)C(C)(C)CNC(=O)c1cc(N)cc(N)c1. The van der Waals surface area contributed by atoms with Gasteiger partial charge < -0.3 is 16.8 Å². The zero-order chi connectivity index (χ0) is 13.9. The summed E-state index contributed by atoms with van der Waals surface area (Å²) in [6, 6.07) is 4.90. The number of benzene rings is 1. The average Bonchev–Trinajstić information content (AvgIpc) is 2.24. The van der Waals surface area contributed by atoms with E-state index in [4.69, 9.17) is 11.5 Å². The second-order valence-electron chi connectivity index (χ2n) is 5.71. The van der Waals surface area contributed by atoms with Crippen molar-refractivity contribution in [2.75, 3.05) is 18.0 Å². The second-order valence-corrected chi connectivity index (χ2v) is 5.71. The van der Waals surface area contributed by atoms with Crippen LogP contribution in [0, 0.1) is 11.3 Å². The van der Waals surface area contributed by atoms with Crippen molar-refractivity contribution in [3.63, 3.8) is 0 Å². The van der Waals surface area contributed by atoms with Gasteiger partial charge in [0.15, 0.2) is 0 Å². The van der Waals surface area contributed by atoms with Crippen molar-refractivity contribution < 1.29 is 4.79 Å². The first-order valence-electron chi connectivity index (χ1n) is 6.16. The maximum atomic E-state index is 12.0. The first kappa shape index (κ1) is 14.4. The molecule has 0 radical (unpaired) electrons. The Labute approximate surface area is 109 Å². The summed E-state index contributed by atoms with van der Waals surface area (Å²) < 4.78 is 0. The van der Waals surface area contributed by atoms with Gasteiger partial charge in [-0.15, -0.1) is 0 Å². The molecule has 0 bridgehead atoms. The van der Waals surface area contributed by atoms with Crippen molar-refractivity contribution in [2.24, 2.45) is 11.3 Å². The maximum absolute atomic E-state index is 12.0. The lowest BCUT2D eigenvalue weighted by molar-refractivity contribution is 0.0925. The summed E-state index contributed by atoms with van der Waals surface area (Å²) in [4.78, 5) is 12.0. The lowest BCUT2D eigenvalue weighted by Crippen LogP contribution is -2.37. The third kappa shape index (κ3) is 3.65. The Hall–Kier alpha value is -1.71. The van der Waals surface area contributed by atoms with Crippen molar-refractivity contribution in [2.45, 2.75) is 27.7 Å². The minimum atomic E-state index is -0.136. The van der Waals surface area contributed by atoms with E-state index in [1.54, 1.807) is 18.2 Å². The van der Waals surface area contributed by atoms with Crippen LogP contribution in [0.1, 0.15) is 38.1 Å². The van der Waals surface area contributed by atoms with E-state index in [9.17, 15) is 4.79 Å². The van der Waals surface area contributed by atoms with E-state index < -0.39 is 0 Å². The molecule has 0 aliphatic rings. The molecule has 0 saturated heterocycles. The van der Waals surface area contributed by atoms with Crippen LogP contribution >= 0.6 is 0 Å². The van der Waals surface area contributed by atoms with Crippen LogP contribution in [0.3, 0.4) is 0 Å². The molecule has 0 saturated carbocycles. The number of carbonyl (C=O) groups is 1. The number of hydrogen-bond acceptors (Lipinski definition) is 3. The Kier molecular flexibility index (Phi) is 4.22. The van der Waals surface area contributed by atoms with E-state index in [1.807, 2.05) is 0 Å². The number of rotatable bonds is 4. The molecule has 1 rings (SSSR count). The number of nitrogens with one attached hydrogen (secondary N) is 1. The minimum absolute atomic E-state index is 0.0571. The molecular weight excluding hydrogens is 226 g/mol. The number of nitrogen functional groups attached to an aromatic ring is 2. The highest BCUT2D eigenvalue weighted by molar-refractivity contribution is 5.96. The van der Waals surface area contributed by atoms with E-state index in [0.29, 0.717) is 29.4 Å². The van der Waals surface area contributed by atoms with Crippen LogP contribution in [0.2, 0.25) is 0 Å². The average molecular weight is 249 g/mol. The van der Waals surface area contributed by atoms with Gasteiger partial charge in [-0.1, -0.05) is 27.7 Å². The molecule has 0 spiro atoms. The third-order valence-electron chi connectivity index (χ3n) is 3.51. The number of anilines is 2. The zero-order valence-corrected chi connectivity index (χ0v) is 11.6. The van der Waals surface area contributed by atoms with Crippen LogP contribution in [-0.2, 0) is 0 Å². The van der Waals surface area contributed by atoms with Gasteiger partial charge in [0, 0.05) is 23.5 Å². The topological polar surface area (TPSA) is 81.1 Å². The Balaban J connectivity index is 2.72. The van der Waals surface area contributed by atoms with Crippen LogP contribution in [0.5, 0.6) is 0 Å². The van der Waals surface area contributed by atoms with Crippen LogP contribution in [-0.4, -0.2) is 12.5 Å². The Morgan fingerprint density at radius 2 is 1.72 bits per heavy atom. The summed E-state index contributed by atoms with van der Waals surface area (Å²) in [5.74, 6) is 0.353. The van der Waals surface area contributed by atoms with Gasteiger partial charge in [0.05, 0.1) is 0 Å². The summed E-state index contributed by atoms with van der Waals surface area (Å²) in [6.07, 6.45) is 0. The molecule has 0 atom stereocenters. The van der Waals surface area contributed by atoms with E-state index in [1.165, 1.54) is 0 Å². The van der Waals surface area contributed by atoms with E-state index in [-0.39, 0.29) is 11.3 Å². The van der Waals surface area contributed by atoms with Gasteiger partial charge in [0.2, 0.25) is 0 Å². The lowest BCUT2D eigenvalue weighted by Gasteiger charge is -2.29. The van der Waals surface area contributed by atoms with Crippen molar-refractivity contribution in [3.05, 3.63) is 23.8 Å². The van der Waals surface area contributed by atoms with E-state index in [0.717, 1.165) is 0 Å². The smallest absolute Gasteiger partial charge is 0.251 e. The molecule has 1 aromatic rings. The van der Waals surface area contributed by atoms with Crippen molar-refractivity contribution in [3.8, 4) is 0 Å². The Bertz CT molecular complexity index is 418. The molecule has 4 nitrogen and oxygen atoms in total. The Morgan fingerprint density at radius 3 is 2.17 bits per heavy atom. The number of hydrogen-bond donors (Lipinski definition) is 3.